The van der Waals surface area contributed by atoms with Crippen molar-refractivity contribution in [3.8, 4) is 0 Å². The molecule has 14 heavy (non-hydrogen) atoms. The predicted molar refractivity (Wildman–Crippen MR) is 60.6 cm³/mol. The Kier molecular flexibility index (Phi) is 4.68. The van der Waals surface area contributed by atoms with Crippen LogP contribution in [0.4, 0.5) is 0 Å². The third kappa shape index (κ3) is 3.13. The molecule has 0 bridgehead atoms. The molecule has 0 saturated heterocycles. The van der Waals surface area contributed by atoms with Crippen LogP contribution in [-0.2, 0) is 0 Å². The normalized spacial score (nSPS) is 10.2. The van der Waals surface area contributed by atoms with Crippen molar-refractivity contribution in [2.75, 3.05) is 20.1 Å². The molecule has 6 heteroatoms. The molecule has 0 atom stereocenters. The average Bonchev–Trinajstić information content (AvgIpc) is 2.45. The van der Waals surface area contributed by atoms with Crippen LogP contribution in [0.1, 0.15) is 10.4 Å². The van der Waals surface area contributed by atoms with Gasteiger partial charge >= 0.3 is 0 Å². The third-order valence-corrected chi connectivity index (χ3v) is 3.05. The molecule has 0 radical (unpaired) electrons. The molecule has 1 rings (SSSR count). The highest BCUT2D eigenvalue weighted by atomic mass is 35.5. The van der Waals surface area contributed by atoms with Crippen molar-refractivity contribution in [1.29, 1.82) is 0 Å². The van der Waals surface area contributed by atoms with E-state index < -0.39 is 0 Å². The first-order chi connectivity index (χ1) is 6.65. The minimum absolute atomic E-state index is 0.187. The van der Waals surface area contributed by atoms with Crippen molar-refractivity contribution in [1.82, 2.24) is 10.6 Å². The van der Waals surface area contributed by atoms with Crippen LogP contribution in [0, 0.1) is 0 Å². The molecule has 0 aliphatic rings. The van der Waals surface area contributed by atoms with Crippen molar-refractivity contribution >= 4 is 40.4 Å². The molecule has 0 aliphatic heterocycles. The second kappa shape index (κ2) is 5.56. The second-order valence-electron chi connectivity index (χ2n) is 2.60. The van der Waals surface area contributed by atoms with Crippen LogP contribution in [0.15, 0.2) is 6.07 Å². The lowest BCUT2D eigenvalue weighted by molar-refractivity contribution is 0.0955. The van der Waals surface area contributed by atoms with Crippen molar-refractivity contribution in [3.05, 3.63) is 20.3 Å². The summed E-state index contributed by atoms with van der Waals surface area (Å²) in [6.07, 6.45) is 0. The Bertz CT molecular complexity index is 327. The summed E-state index contributed by atoms with van der Waals surface area (Å²) < 4.78 is 0.950. The molecule has 3 nitrogen and oxygen atoms in total. The lowest BCUT2D eigenvalue weighted by atomic mass is 10.3. The van der Waals surface area contributed by atoms with Gasteiger partial charge in [0.2, 0.25) is 0 Å². The van der Waals surface area contributed by atoms with Crippen molar-refractivity contribution in [2.45, 2.75) is 0 Å². The molecule has 78 valence electrons. The molecule has 0 fully saturated rings. The Morgan fingerprint density at radius 2 is 2.21 bits per heavy atom. The highest BCUT2D eigenvalue weighted by Crippen LogP contribution is 2.30. The first kappa shape index (κ1) is 11.8. The van der Waals surface area contributed by atoms with Crippen LogP contribution in [0.3, 0.4) is 0 Å². The average molecular weight is 253 g/mol. The Hall–Kier alpha value is -0.290. The number of halogens is 2. The van der Waals surface area contributed by atoms with E-state index in [0.29, 0.717) is 20.8 Å². The topological polar surface area (TPSA) is 41.1 Å². The molecule has 1 aromatic rings. The maximum atomic E-state index is 11.5. The van der Waals surface area contributed by atoms with Crippen LogP contribution in [-0.4, -0.2) is 26.0 Å². The van der Waals surface area contributed by atoms with Gasteiger partial charge in [0.05, 0.1) is 9.90 Å². The number of hydrogen-bond acceptors (Lipinski definition) is 3. The van der Waals surface area contributed by atoms with E-state index in [-0.39, 0.29) is 5.91 Å². The lowest BCUT2D eigenvalue weighted by Gasteiger charge is -2.02. The van der Waals surface area contributed by atoms with E-state index in [1.807, 2.05) is 7.05 Å². The molecule has 0 unspecified atom stereocenters. The number of carbonyl (C=O) groups excluding carboxylic acids is 1. The zero-order chi connectivity index (χ0) is 10.6. The fourth-order valence-electron chi connectivity index (χ4n) is 0.891. The highest BCUT2D eigenvalue weighted by Gasteiger charge is 2.12. The maximum Gasteiger partial charge on any atom is 0.253 e. The van der Waals surface area contributed by atoms with Crippen LogP contribution >= 0.6 is 34.5 Å². The molecule has 0 spiro atoms. The number of hydrogen-bond donors (Lipinski definition) is 2. The summed E-state index contributed by atoms with van der Waals surface area (Å²) in [5.41, 5.74) is 0.442. The number of amides is 1. The first-order valence-corrected chi connectivity index (χ1v) is 5.60. The molecule has 0 saturated carbocycles. The fraction of sp³-hybridized carbons (Fsp3) is 0.375. The largest absolute Gasteiger partial charge is 0.351 e. The van der Waals surface area contributed by atoms with Gasteiger partial charge in [-0.05, 0) is 13.1 Å². The van der Waals surface area contributed by atoms with E-state index >= 15 is 0 Å². The summed E-state index contributed by atoms with van der Waals surface area (Å²) in [4.78, 5) is 11.5. The minimum atomic E-state index is -0.187. The van der Waals surface area contributed by atoms with Crippen LogP contribution in [0.2, 0.25) is 8.67 Å². The SMILES string of the molecule is CNCCNC(=O)c1cc(Cl)sc1Cl. The summed E-state index contributed by atoms with van der Waals surface area (Å²) in [7, 11) is 1.82. The summed E-state index contributed by atoms with van der Waals surface area (Å²) in [5, 5.41) is 5.64. The quantitative estimate of drug-likeness (QED) is 0.806. The van der Waals surface area contributed by atoms with Crippen LogP contribution < -0.4 is 10.6 Å². The standard InChI is InChI=1S/C8H10Cl2N2OS/c1-11-2-3-12-8(13)5-4-6(9)14-7(5)10/h4,11H,2-3H2,1H3,(H,12,13). The predicted octanol–water partition coefficient (Wildman–Crippen LogP) is 2.00. The molecule has 1 heterocycles. The monoisotopic (exact) mass is 252 g/mol. The van der Waals surface area contributed by atoms with Gasteiger partial charge < -0.3 is 10.6 Å². The van der Waals surface area contributed by atoms with Crippen LogP contribution in [0.5, 0.6) is 0 Å². The van der Waals surface area contributed by atoms with E-state index in [0.717, 1.165) is 6.54 Å². The molecule has 1 aromatic heterocycles. The summed E-state index contributed by atoms with van der Waals surface area (Å²) in [6, 6.07) is 1.57. The van der Waals surface area contributed by atoms with Gasteiger partial charge in [0.15, 0.2) is 0 Å². The maximum absolute atomic E-state index is 11.5. The number of nitrogens with one attached hydrogen (secondary N) is 2. The minimum Gasteiger partial charge on any atom is -0.351 e. The Balaban J connectivity index is 2.56. The molecule has 0 aromatic carbocycles. The number of rotatable bonds is 4. The fourth-order valence-corrected chi connectivity index (χ4v) is 2.35. The Morgan fingerprint density at radius 1 is 1.50 bits per heavy atom. The van der Waals surface area contributed by atoms with Gasteiger partial charge in [0, 0.05) is 13.1 Å². The van der Waals surface area contributed by atoms with E-state index in [4.69, 9.17) is 23.2 Å². The summed E-state index contributed by atoms with van der Waals surface area (Å²) >= 11 is 12.7. The second-order valence-corrected chi connectivity index (χ2v) is 4.88. The van der Waals surface area contributed by atoms with Gasteiger partial charge in [0.25, 0.3) is 5.91 Å². The van der Waals surface area contributed by atoms with Gasteiger partial charge in [-0.1, -0.05) is 23.2 Å². The summed E-state index contributed by atoms with van der Waals surface area (Å²) in [5.74, 6) is -0.187. The van der Waals surface area contributed by atoms with E-state index in [9.17, 15) is 4.79 Å². The zero-order valence-corrected chi connectivity index (χ0v) is 9.89. The van der Waals surface area contributed by atoms with E-state index in [1.165, 1.54) is 11.3 Å². The Morgan fingerprint density at radius 3 is 2.71 bits per heavy atom. The highest BCUT2D eigenvalue weighted by molar-refractivity contribution is 7.20. The molecular weight excluding hydrogens is 243 g/mol. The Labute approximate surface area is 96.4 Å². The molecule has 1 amide bonds. The van der Waals surface area contributed by atoms with Gasteiger partial charge in [-0.3, -0.25) is 4.79 Å². The molecular formula is C8H10Cl2N2OS. The smallest absolute Gasteiger partial charge is 0.253 e. The van der Waals surface area contributed by atoms with Gasteiger partial charge in [0.1, 0.15) is 4.34 Å². The zero-order valence-electron chi connectivity index (χ0n) is 7.56. The molecule has 0 aliphatic carbocycles. The third-order valence-electron chi connectivity index (χ3n) is 1.56. The summed E-state index contributed by atoms with van der Waals surface area (Å²) in [6.45, 7) is 1.29. The van der Waals surface area contributed by atoms with Gasteiger partial charge in [-0.2, -0.15) is 0 Å². The van der Waals surface area contributed by atoms with Gasteiger partial charge in [-0.15, -0.1) is 11.3 Å². The van der Waals surface area contributed by atoms with Crippen molar-refractivity contribution < 1.29 is 4.79 Å². The number of likely N-dealkylation sites (N-methyl/N-ethyl adjacent to an activating group) is 1. The van der Waals surface area contributed by atoms with Crippen molar-refractivity contribution in [3.63, 3.8) is 0 Å². The van der Waals surface area contributed by atoms with Crippen molar-refractivity contribution in [2.24, 2.45) is 0 Å². The first-order valence-electron chi connectivity index (χ1n) is 4.02. The van der Waals surface area contributed by atoms with E-state index in [2.05, 4.69) is 10.6 Å². The molecule has 2 N–H and O–H groups in total. The lowest BCUT2D eigenvalue weighted by Crippen LogP contribution is -2.30. The van der Waals surface area contributed by atoms with E-state index in [1.54, 1.807) is 6.07 Å². The van der Waals surface area contributed by atoms with Crippen LogP contribution in [0.25, 0.3) is 0 Å². The van der Waals surface area contributed by atoms with Gasteiger partial charge in [-0.25, -0.2) is 0 Å². The number of thiophene rings is 1. The number of carbonyl (C=O) groups is 1.